The molecule has 1 aromatic heterocycles. The van der Waals surface area contributed by atoms with Crippen LogP contribution in [0.5, 0.6) is 5.75 Å². The van der Waals surface area contributed by atoms with Crippen LogP contribution in [-0.4, -0.2) is 38.6 Å². The summed E-state index contributed by atoms with van der Waals surface area (Å²) in [7, 11) is -0.0370. The van der Waals surface area contributed by atoms with Crippen LogP contribution >= 0.6 is 0 Å². The van der Waals surface area contributed by atoms with E-state index in [-0.39, 0.29) is 12.5 Å². The van der Waals surface area contributed by atoms with Crippen LogP contribution in [0.2, 0.25) is 0 Å². The number of methoxy groups -OCH3 is 1. The van der Waals surface area contributed by atoms with Crippen molar-refractivity contribution < 1.29 is 26.3 Å². The first kappa shape index (κ1) is 29.4. The van der Waals surface area contributed by atoms with E-state index in [0.29, 0.717) is 41.5 Å². The number of nitrogens with one attached hydrogen (secondary N) is 3. The number of aromatic nitrogens is 2. The fourth-order valence-electron chi connectivity index (χ4n) is 4.64. The molecule has 0 aliphatic heterocycles. The Hall–Kier alpha value is -3.58. The van der Waals surface area contributed by atoms with Crippen LogP contribution in [0, 0.1) is 6.92 Å². The lowest BCUT2D eigenvalue weighted by atomic mass is 10.1. The van der Waals surface area contributed by atoms with Gasteiger partial charge in [0.2, 0.25) is 16.8 Å². The number of halogens is 3. The van der Waals surface area contributed by atoms with E-state index >= 15 is 0 Å². The maximum atomic E-state index is 13.8. The summed E-state index contributed by atoms with van der Waals surface area (Å²) >= 11 is 0. The largest absolute Gasteiger partial charge is 0.495 e. The first-order chi connectivity index (χ1) is 19.0. The van der Waals surface area contributed by atoms with Crippen LogP contribution in [-0.2, 0) is 30.2 Å². The molecular weight excluding hydrogens is 545 g/mol. The molecule has 0 amide bonds. The van der Waals surface area contributed by atoms with Gasteiger partial charge in [-0.3, -0.25) is 4.31 Å². The van der Waals surface area contributed by atoms with Crippen LogP contribution in [0.3, 0.4) is 0 Å². The van der Waals surface area contributed by atoms with Crippen LogP contribution < -0.4 is 25.0 Å². The van der Waals surface area contributed by atoms with Gasteiger partial charge in [-0.2, -0.15) is 18.2 Å². The molecule has 1 aliphatic carbocycles. The summed E-state index contributed by atoms with van der Waals surface area (Å²) in [4.78, 5) is 7.99. The molecule has 1 fully saturated rings. The highest BCUT2D eigenvalue weighted by atomic mass is 32.2. The third-order valence-corrected chi connectivity index (χ3v) is 7.54. The summed E-state index contributed by atoms with van der Waals surface area (Å²) < 4.78 is 71.1. The second-order valence-corrected chi connectivity index (χ2v) is 10.8. The highest BCUT2D eigenvalue weighted by Crippen LogP contribution is 2.35. The summed E-state index contributed by atoms with van der Waals surface area (Å²) in [6.45, 7) is 2.38. The van der Waals surface area contributed by atoms with Crippen LogP contribution in [0.25, 0.3) is 0 Å². The van der Waals surface area contributed by atoms with Crippen LogP contribution in [0.4, 0.5) is 36.3 Å². The van der Waals surface area contributed by atoms with E-state index in [2.05, 4.69) is 25.9 Å². The number of alkyl halides is 3. The minimum absolute atomic E-state index is 0.0606. The van der Waals surface area contributed by atoms with E-state index in [1.165, 1.54) is 39.8 Å². The molecule has 1 saturated carbocycles. The van der Waals surface area contributed by atoms with Crippen LogP contribution in [0.1, 0.15) is 47.9 Å². The molecule has 13 heteroatoms. The van der Waals surface area contributed by atoms with E-state index in [9.17, 15) is 21.6 Å². The van der Waals surface area contributed by atoms with Gasteiger partial charge in [-0.15, -0.1) is 0 Å². The summed E-state index contributed by atoms with van der Waals surface area (Å²) in [6, 6.07) is 11.1. The number of ether oxygens (including phenoxy) is 1. The Morgan fingerprint density at radius 3 is 2.52 bits per heavy atom. The lowest BCUT2D eigenvalue weighted by Crippen LogP contribution is -2.25. The van der Waals surface area contributed by atoms with E-state index in [0.717, 1.165) is 15.4 Å². The fourth-order valence-corrected chi connectivity index (χ4v) is 5.00. The third kappa shape index (κ3) is 7.33. The monoisotopic (exact) mass is 578 g/mol. The molecule has 0 saturated heterocycles. The normalized spacial score (nSPS) is 14.0. The second-order valence-electron chi connectivity index (χ2n) is 9.72. The predicted molar refractivity (Wildman–Crippen MR) is 150 cm³/mol. The number of aryl methyl sites for hydroxylation is 1. The molecule has 3 aromatic rings. The maximum Gasteiger partial charge on any atom is 0.421 e. The van der Waals surface area contributed by atoms with Gasteiger partial charge in [0.15, 0.2) is 0 Å². The topological polar surface area (TPSA) is 108 Å². The molecule has 0 spiro atoms. The number of anilines is 4. The van der Waals surface area contributed by atoms with Gasteiger partial charge in [0, 0.05) is 32.4 Å². The molecule has 1 heterocycles. The molecule has 4 rings (SSSR count). The summed E-state index contributed by atoms with van der Waals surface area (Å²) in [5.74, 6) is -0.000608. The number of nitrogens with zero attached hydrogens (tertiary/aromatic N) is 3. The van der Waals surface area contributed by atoms with Crippen molar-refractivity contribution in [2.24, 2.45) is 0 Å². The zero-order valence-electron chi connectivity index (χ0n) is 22.5. The Bertz CT molecular complexity index is 1400. The van der Waals surface area contributed by atoms with Crippen molar-refractivity contribution in [2.45, 2.75) is 57.9 Å². The minimum Gasteiger partial charge on any atom is -0.495 e. The number of thiol groups is 1. The van der Waals surface area contributed by atoms with Gasteiger partial charge in [-0.25, -0.2) is 13.4 Å². The summed E-state index contributed by atoms with van der Waals surface area (Å²) in [5.41, 5.74) is 2.12. The number of rotatable bonds is 11. The number of benzene rings is 2. The standard InChI is InChI=1S/C27H33F3N6O3S/c1-17-8-10-19(23(12-17)36(2)40(37)38)15-32-25-21(27(28,29)30)16-33-26(35-25)34-22-11-9-18(13-24(22)39-3)14-31-20-6-4-5-7-20/h8-13,16,20,31,40H,4-7,14-15H2,1-3H3,(H2,32,33,34,35). The van der Waals surface area contributed by atoms with Gasteiger partial charge in [0.05, 0.1) is 18.5 Å². The Labute approximate surface area is 233 Å². The third-order valence-electron chi connectivity index (χ3n) is 6.84. The highest BCUT2D eigenvalue weighted by Gasteiger charge is 2.35. The Morgan fingerprint density at radius 2 is 1.85 bits per heavy atom. The van der Waals surface area contributed by atoms with Crippen molar-refractivity contribution in [2.75, 3.05) is 29.1 Å². The first-order valence-corrected chi connectivity index (χ1v) is 14.0. The lowest BCUT2D eigenvalue weighted by Gasteiger charge is -2.19. The van der Waals surface area contributed by atoms with E-state index < -0.39 is 28.4 Å². The fraction of sp³-hybridized carbons (Fsp3) is 0.407. The second kappa shape index (κ2) is 12.7. The van der Waals surface area contributed by atoms with Crippen molar-refractivity contribution in [3.8, 4) is 5.75 Å². The maximum absolute atomic E-state index is 13.8. The van der Waals surface area contributed by atoms with Crippen molar-refractivity contribution in [1.29, 1.82) is 0 Å². The summed E-state index contributed by atoms with van der Waals surface area (Å²) in [6.07, 6.45) is 0.799. The minimum atomic E-state index is -4.71. The highest BCUT2D eigenvalue weighted by molar-refractivity contribution is 7.74. The van der Waals surface area contributed by atoms with Crippen molar-refractivity contribution in [3.05, 3.63) is 64.8 Å². The van der Waals surface area contributed by atoms with E-state index in [1.807, 2.05) is 12.1 Å². The van der Waals surface area contributed by atoms with Gasteiger partial charge in [0.1, 0.15) is 17.1 Å². The molecule has 40 heavy (non-hydrogen) atoms. The molecule has 9 nitrogen and oxygen atoms in total. The van der Waals surface area contributed by atoms with Gasteiger partial charge >= 0.3 is 6.18 Å². The predicted octanol–water partition coefficient (Wildman–Crippen LogP) is 5.16. The van der Waals surface area contributed by atoms with Crippen LogP contribution in [0.15, 0.2) is 42.6 Å². The van der Waals surface area contributed by atoms with Crippen molar-refractivity contribution in [1.82, 2.24) is 15.3 Å². The molecule has 0 bridgehead atoms. The van der Waals surface area contributed by atoms with E-state index in [4.69, 9.17) is 4.74 Å². The molecule has 216 valence electrons. The molecular formula is C27H33F3N6O3S. The van der Waals surface area contributed by atoms with Gasteiger partial charge in [0.25, 0.3) is 0 Å². The average molecular weight is 579 g/mol. The molecule has 0 atom stereocenters. The molecule has 0 unspecified atom stereocenters. The SMILES string of the molecule is COc1cc(CNC2CCCC2)ccc1Nc1ncc(C(F)(F)F)c(NCc2ccc(C)cc2N(C)[SH](=O)=O)n1. The molecule has 2 aromatic carbocycles. The lowest BCUT2D eigenvalue weighted by molar-refractivity contribution is -0.137. The average Bonchev–Trinajstić information content (AvgIpc) is 3.44. The molecule has 1 aliphatic rings. The summed E-state index contributed by atoms with van der Waals surface area (Å²) in [5, 5.41) is 9.22. The van der Waals surface area contributed by atoms with Gasteiger partial charge < -0.3 is 20.7 Å². The molecule has 0 radical (unpaired) electrons. The zero-order valence-corrected chi connectivity index (χ0v) is 23.4. The number of hydrogen-bond acceptors (Lipinski definition) is 8. The van der Waals surface area contributed by atoms with E-state index in [1.54, 1.807) is 31.2 Å². The van der Waals surface area contributed by atoms with Gasteiger partial charge in [-0.1, -0.05) is 31.0 Å². The smallest absolute Gasteiger partial charge is 0.421 e. The van der Waals surface area contributed by atoms with Crippen molar-refractivity contribution in [3.63, 3.8) is 0 Å². The Morgan fingerprint density at radius 1 is 1.10 bits per heavy atom. The van der Waals surface area contributed by atoms with Crippen molar-refractivity contribution >= 4 is 34.0 Å². The number of hydrogen-bond donors (Lipinski definition) is 4. The Kier molecular flexibility index (Phi) is 9.36. The quantitative estimate of drug-likeness (QED) is 0.231. The van der Waals surface area contributed by atoms with Gasteiger partial charge in [-0.05, 0) is 54.7 Å². The Balaban J connectivity index is 1.56. The molecule has 3 N–H and O–H groups in total. The first-order valence-electron chi connectivity index (χ1n) is 12.9. The zero-order chi connectivity index (χ0) is 28.9.